The third-order valence-corrected chi connectivity index (χ3v) is 6.00. The van der Waals surface area contributed by atoms with E-state index in [1.807, 2.05) is 32.3 Å². The van der Waals surface area contributed by atoms with Crippen LogP contribution in [0.4, 0.5) is 0 Å². The minimum absolute atomic E-state index is 0.215. The fourth-order valence-electron chi connectivity index (χ4n) is 4.08. The summed E-state index contributed by atoms with van der Waals surface area (Å²) in [5, 5.41) is 6.77. The highest BCUT2D eigenvalue weighted by Gasteiger charge is 2.42. The van der Waals surface area contributed by atoms with Crippen LogP contribution in [0.25, 0.3) is 0 Å². The topological polar surface area (TPSA) is 66.0 Å². The van der Waals surface area contributed by atoms with Crippen molar-refractivity contribution in [3.05, 3.63) is 29.8 Å². The van der Waals surface area contributed by atoms with Crippen LogP contribution in [0.5, 0.6) is 5.75 Å². The smallest absolute Gasteiger partial charge is 0.230 e. The first-order valence-corrected chi connectivity index (χ1v) is 10.4. The van der Waals surface area contributed by atoms with E-state index in [2.05, 4.69) is 21.7 Å². The number of nitrogens with zero attached hydrogens (tertiary/aromatic N) is 2. The van der Waals surface area contributed by atoms with Gasteiger partial charge in [-0.2, -0.15) is 0 Å². The maximum Gasteiger partial charge on any atom is 0.230 e. The normalized spacial score (nSPS) is 19.0. The van der Waals surface area contributed by atoms with Crippen molar-refractivity contribution >= 4 is 11.9 Å². The molecule has 2 N–H and O–H groups in total. The minimum atomic E-state index is -0.313. The number of para-hydroxylation sites is 1. The molecule has 0 bridgehead atoms. The van der Waals surface area contributed by atoms with Gasteiger partial charge in [0.1, 0.15) is 5.75 Å². The number of hydrogen-bond acceptors (Lipinski definition) is 3. The molecule has 28 heavy (non-hydrogen) atoms. The van der Waals surface area contributed by atoms with Gasteiger partial charge in [0.25, 0.3) is 0 Å². The summed E-state index contributed by atoms with van der Waals surface area (Å²) in [5.74, 6) is 1.88. The fourth-order valence-corrected chi connectivity index (χ4v) is 4.08. The van der Waals surface area contributed by atoms with Gasteiger partial charge in [-0.3, -0.25) is 9.79 Å². The average Bonchev–Trinajstić information content (AvgIpc) is 3.15. The number of ether oxygens (including phenoxy) is 1. The lowest BCUT2D eigenvalue weighted by atomic mass is 9.84. The lowest BCUT2D eigenvalue weighted by Gasteiger charge is -2.31. The summed E-state index contributed by atoms with van der Waals surface area (Å²) >= 11 is 0. The highest BCUT2D eigenvalue weighted by molar-refractivity contribution is 5.85. The average molecular weight is 387 g/mol. The summed E-state index contributed by atoms with van der Waals surface area (Å²) in [4.78, 5) is 18.8. The second-order valence-electron chi connectivity index (χ2n) is 8.24. The van der Waals surface area contributed by atoms with Crippen LogP contribution >= 0.6 is 0 Å². The Labute approximate surface area is 168 Å². The predicted octanol–water partition coefficient (Wildman–Crippen LogP) is 2.93. The standard InChI is InChI=1S/C22H34N4O2/c1-23-21(25-16-22(13-6-7-14-22)20(27)26(2)3)24-15-17-9-4-5-12-19(17)28-18-10-8-11-18/h4-5,9,12,18H,6-8,10-11,13-16H2,1-3H3,(H2,23,24,25). The van der Waals surface area contributed by atoms with Crippen molar-refractivity contribution in [2.45, 2.75) is 57.6 Å². The Morgan fingerprint density at radius 1 is 1.18 bits per heavy atom. The van der Waals surface area contributed by atoms with Crippen molar-refractivity contribution in [1.29, 1.82) is 0 Å². The van der Waals surface area contributed by atoms with Crippen LogP contribution in [-0.2, 0) is 11.3 Å². The molecule has 0 aromatic heterocycles. The van der Waals surface area contributed by atoms with Gasteiger partial charge in [0.05, 0.1) is 11.5 Å². The molecule has 6 heteroatoms. The van der Waals surface area contributed by atoms with E-state index < -0.39 is 0 Å². The maximum absolute atomic E-state index is 12.7. The summed E-state index contributed by atoms with van der Waals surface area (Å²) in [6.07, 6.45) is 8.00. The third kappa shape index (κ3) is 4.78. The number of hydrogen-bond donors (Lipinski definition) is 2. The van der Waals surface area contributed by atoms with Crippen LogP contribution in [-0.4, -0.2) is 50.6 Å². The van der Waals surface area contributed by atoms with Crippen LogP contribution in [0.1, 0.15) is 50.5 Å². The number of aliphatic imine (C=N–C) groups is 1. The third-order valence-electron chi connectivity index (χ3n) is 6.00. The second-order valence-corrected chi connectivity index (χ2v) is 8.24. The van der Waals surface area contributed by atoms with Crippen LogP contribution in [0.2, 0.25) is 0 Å². The van der Waals surface area contributed by atoms with Gasteiger partial charge >= 0.3 is 0 Å². The van der Waals surface area contributed by atoms with Gasteiger partial charge in [-0.25, -0.2) is 0 Å². The molecule has 1 amide bonds. The van der Waals surface area contributed by atoms with Crippen LogP contribution < -0.4 is 15.4 Å². The van der Waals surface area contributed by atoms with E-state index in [0.717, 1.165) is 55.8 Å². The van der Waals surface area contributed by atoms with Crippen molar-refractivity contribution < 1.29 is 9.53 Å². The number of amides is 1. The Morgan fingerprint density at radius 3 is 2.50 bits per heavy atom. The van der Waals surface area contributed by atoms with Gasteiger partial charge in [0.2, 0.25) is 5.91 Å². The van der Waals surface area contributed by atoms with E-state index in [0.29, 0.717) is 19.2 Å². The Kier molecular flexibility index (Phi) is 6.81. The van der Waals surface area contributed by atoms with E-state index in [1.54, 1.807) is 11.9 Å². The van der Waals surface area contributed by atoms with Gasteiger partial charge in [0, 0.05) is 39.8 Å². The molecule has 0 spiro atoms. The van der Waals surface area contributed by atoms with Crippen molar-refractivity contribution in [2.24, 2.45) is 10.4 Å². The zero-order valence-corrected chi connectivity index (χ0v) is 17.5. The molecule has 0 aliphatic heterocycles. The lowest BCUT2D eigenvalue weighted by Crippen LogP contribution is -2.49. The quantitative estimate of drug-likeness (QED) is 0.559. The van der Waals surface area contributed by atoms with E-state index in [-0.39, 0.29) is 11.3 Å². The van der Waals surface area contributed by atoms with Gasteiger partial charge in [-0.1, -0.05) is 31.0 Å². The van der Waals surface area contributed by atoms with Crippen molar-refractivity contribution in [3.63, 3.8) is 0 Å². The summed E-state index contributed by atoms with van der Waals surface area (Å²) in [5.41, 5.74) is 0.809. The van der Waals surface area contributed by atoms with E-state index in [4.69, 9.17) is 4.74 Å². The minimum Gasteiger partial charge on any atom is -0.490 e. The molecule has 0 heterocycles. The Morgan fingerprint density at radius 2 is 1.89 bits per heavy atom. The van der Waals surface area contributed by atoms with E-state index in [1.165, 1.54) is 6.42 Å². The molecule has 1 aromatic carbocycles. The van der Waals surface area contributed by atoms with Crippen molar-refractivity contribution in [2.75, 3.05) is 27.7 Å². The molecule has 0 radical (unpaired) electrons. The van der Waals surface area contributed by atoms with Gasteiger partial charge in [0.15, 0.2) is 5.96 Å². The Balaban J connectivity index is 1.57. The Hall–Kier alpha value is -2.24. The number of carbonyl (C=O) groups excluding carboxylic acids is 1. The zero-order chi connectivity index (χ0) is 20.0. The molecule has 1 aromatic rings. The summed E-state index contributed by atoms with van der Waals surface area (Å²) in [6, 6.07) is 8.17. The summed E-state index contributed by atoms with van der Waals surface area (Å²) < 4.78 is 6.11. The first-order valence-electron chi connectivity index (χ1n) is 10.4. The SMILES string of the molecule is CN=C(NCc1ccccc1OC1CCC1)NCC1(C(=O)N(C)C)CCCC1. The molecular weight excluding hydrogens is 352 g/mol. The summed E-state index contributed by atoms with van der Waals surface area (Å²) in [6.45, 7) is 1.25. The molecule has 154 valence electrons. The van der Waals surface area contributed by atoms with Crippen molar-refractivity contribution in [3.8, 4) is 5.75 Å². The monoisotopic (exact) mass is 386 g/mol. The molecule has 2 aliphatic carbocycles. The number of nitrogens with one attached hydrogen (secondary N) is 2. The van der Waals surface area contributed by atoms with E-state index >= 15 is 0 Å². The highest BCUT2D eigenvalue weighted by atomic mass is 16.5. The largest absolute Gasteiger partial charge is 0.490 e. The molecule has 0 atom stereocenters. The molecular formula is C22H34N4O2. The number of carbonyl (C=O) groups is 1. The fraction of sp³-hybridized carbons (Fsp3) is 0.636. The predicted molar refractivity (Wildman–Crippen MR) is 113 cm³/mol. The molecule has 2 saturated carbocycles. The number of guanidine groups is 1. The first-order chi connectivity index (χ1) is 13.5. The van der Waals surface area contributed by atoms with Gasteiger partial charge in [-0.15, -0.1) is 0 Å². The van der Waals surface area contributed by atoms with Crippen LogP contribution in [0.15, 0.2) is 29.3 Å². The highest BCUT2D eigenvalue weighted by Crippen LogP contribution is 2.38. The molecule has 0 unspecified atom stereocenters. The second kappa shape index (κ2) is 9.30. The van der Waals surface area contributed by atoms with E-state index in [9.17, 15) is 4.79 Å². The number of benzene rings is 1. The van der Waals surface area contributed by atoms with Gasteiger partial charge in [-0.05, 0) is 38.2 Å². The van der Waals surface area contributed by atoms with Crippen molar-refractivity contribution in [1.82, 2.24) is 15.5 Å². The number of rotatable bonds is 7. The first kappa shape index (κ1) is 20.5. The van der Waals surface area contributed by atoms with Crippen LogP contribution in [0.3, 0.4) is 0 Å². The van der Waals surface area contributed by atoms with Crippen LogP contribution in [0, 0.1) is 5.41 Å². The molecule has 3 rings (SSSR count). The maximum atomic E-state index is 12.7. The summed E-state index contributed by atoms with van der Waals surface area (Å²) in [7, 11) is 5.45. The molecule has 6 nitrogen and oxygen atoms in total. The van der Waals surface area contributed by atoms with Gasteiger partial charge < -0.3 is 20.3 Å². The zero-order valence-electron chi connectivity index (χ0n) is 17.5. The lowest BCUT2D eigenvalue weighted by molar-refractivity contribution is -0.138. The molecule has 2 fully saturated rings. The molecule has 0 saturated heterocycles. The molecule has 2 aliphatic rings. The Bertz CT molecular complexity index is 692.